The number of rotatable bonds is 0. The van der Waals surface area contributed by atoms with Crippen LogP contribution >= 0.6 is 0 Å². The molecular formula is C15H17F3N6O. The Hall–Kier alpha value is -2.52. The summed E-state index contributed by atoms with van der Waals surface area (Å²) in [7, 11) is 1.72. The quantitative estimate of drug-likeness (QED) is 0.758. The van der Waals surface area contributed by atoms with Gasteiger partial charge in [-0.05, 0) is 19.8 Å². The summed E-state index contributed by atoms with van der Waals surface area (Å²) in [6, 6.07) is 0. The molecule has 0 aromatic carbocycles. The lowest BCUT2D eigenvalue weighted by Crippen LogP contribution is -2.24. The van der Waals surface area contributed by atoms with E-state index in [9.17, 15) is 13.2 Å². The highest BCUT2D eigenvalue weighted by molar-refractivity contribution is 5.61. The van der Waals surface area contributed by atoms with Gasteiger partial charge in [-0.1, -0.05) is 0 Å². The Kier molecular flexibility index (Phi) is 3.35. The molecule has 1 fully saturated rings. The number of hydrogen-bond acceptors (Lipinski definition) is 6. The van der Waals surface area contributed by atoms with Crippen molar-refractivity contribution in [3.05, 3.63) is 17.5 Å². The van der Waals surface area contributed by atoms with Gasteiger partial charge in [0.2, 0.25) is 5.95 Å². The van der Waals surface area contributed by atoms with Crippen molar-refractivity contribution in [1.82, 2.24) is 19.7 Å². The second-order valence-corrected chi connectivity index (χ2v) is 6.61. The number of aryl methyl sites for hydroxylation is 2. The highest BCUT2D eigenvalue weighted by Crippen LogP contribution is 2.47. The molecular weight excluding hydrogens is 337 g/mol. The van der Waals surface area contributed by atoms with Gasteiger partial charge in [-0.25, -0.2) is 9.67 Å². The molecule has 7 nitrogen and oxygen atoms in total. The second kappa shape index (κ2) is 5.24. The molecule has 2 aromatic rings. The lowest BCUT2D eigenvalue weighted by Gasteiger charge is -2.18. The first kappa shape index (κ1) is 16.0. The number of hydrogen-bond donors (Lipinski definition) is 2. The van der Waals surface area contributed by atoms with Crippen molar-refractivity contribution < 1.29 is 17.9 Å². The molecule has 10 heteroatoms. The lowest BCUT2D eigenvalue weighted by molar-refractivity contribution is -0.137. The van der Waals surface area contributed by atoms with Crippen LogP contribution in [0.5, 0.6) is 5.75 Å². The average molecular weight is 354 g/mol. The van der Waals surface area contributed by atoms with E-state index in [-0.39, 0.29) is 17.2 Å². The predicted molar refractivity (Wildman–Crippen MR) is 83.9 cm³/mol. The minimum atomic E-state index is -4.53. The van der Waals surface area contributed by atoms with Gasteiger partial charge >= 0.3 is 6.18 Å². The fraction of sp³-hybridized carbons (Fsp3) is 0.533. The van der Waals surface area contributed by atoms with Crippen LogP contribution in [0.25, 0.3) is 0 Å². The largest absolute Gasteiger partial charge is 0.487 e. The number of alkyl halides is 3. The number of anilines is 3. The van der Waals surface area contributed by atoms with E-state index in [4.69, 9.17) is 4.74 Å². The molecule has 2 aliphatic rings. The van der Waals surface area contributed by atoms with E-state index in [1.165, 1.54) is 0 Å². The van der Waals surface area contributed by atoms with Crippen LogP contribution in [0.4, 0.5) is 30.8 Å². The summed E-state index contributed by atoms with van der Waals surface area (Å²) in [4.78, 5) is 7.84. The maximum absolute atomic E-state index is 13.2. The number of aromatic nitrogens is 4. The van der Waals surface area contributed by atoms with Gasteiger partial charge in [-0.3, -0.25) is 0 Å². The van der Waals surface area contributed by atoms with Crippen LogP contribution in [0.2, 0.25) is 0 Å². The van der Waals surface area contributed by atoms with Crippen molar-refractivity contribution in [3.63, 3.8) is 0 Å². The van der Waals surface area contributed by atoms with Crippen LogP contribution in [0.3, 0.4) is 0 Å². The van der Waals surface area contributed by atoms with Gasteiger partial charge in [0.1, 0.15) is 17.1 Å². The number of nitrogens with zero attached hydrogens (tertiary/aromatic N) is 4. The average Bonchev–Trinajstić information content (AvgIpc) is 3.25. The summed E-state index contributed by atoms with van der Waals surface area (Å²) in [6.07, 6.45) is -1.95. The van der Waals surface area contributed by atoms with Crippen molar-refractivity contribution in [1.29, 1.82) is 0 Å². The number of ether oxygens (including phenoxy) is 1. The summed E-state index contributed by atoms with van der Waals surface area (Å²) in [5.41, 5.74) is -0.367. The minimum Gasteiger partial charge on any atom is -0.487 e. The zero-order chi connectivity index (χ0) is 17.8. The minimum absolute atomic E-state index is 0.0510. The van der Waals surface area contributed by atoms with Crippen LogP contribution in [0.15, 0.2) is 6.20 Å². The molecule has 2 bridgehead atoms. The van der Waals surface area contributed by atoms with Crippen LogP contribution in [-0.2, 0) is 13.2 Å². The third kappa shape index (κ3) is 2.85. The molecule has 1 saturated carbocycles. The first-order valence-electron chi connectivity index (χ1n) is 7.89. The lowest BCUT2D eigenvalue weighted by atomic mass is 10.1. The zero-order valence-electron chi connectivity index (χ0n) is 13.7. The standard InChI is InChI=1S/C15H17F3N6O/c1-8-10-12(24(2)23-8)22-13-19-5-9(15(16,17)18)11(21-13)20-6-14(3-4-14)7-25-10/h5H,3-4,6-7H2,1-2H3,(H2,19,20,21,22). The summed E-state index contributed by atoms with van der Waals surface area (Å²) >= 11 is 0. The normalized spacial score (nSPS) is 18.4. The fourth-order valence-electron chi connectivity index (χ4n) is 2.88. The molecule has 1 aliphatic carbocycles. The van der Waals surface area contributed by atoms with E-state index in [0.717, 1.165) is 19.0 Å². The fourth-order valence-corrected chi connectivity index (χ4v) is 2.88. The highest BCUT2D eigenvalue weighted by Gasteiger charge is 2.45. The van der Waals surface area contributed by atoms with Gasteiger partial charge < -0.3 is 15.4 Å². The summed E-state index contributed by atoms with van der Waals surface area (Å²) < 4.78 is 47.2. The first-order chi connectivity index (χ1) is 11.8. The number of nitrogens with one attached hydrogen (secondary N) is 2. The Bertz CT molecular complexity index is 827. The molecule has 2 N–H and O–H groups in total. The van der Waals surface area contributed by atoms with E-state index in [0.29, 0.717) is 30.4 Å². The molecule has 0 radical (unpaired) electrons. The zero-order valence-corrected chi connectivity index (χ0v) is 13.7. The van der Waals surface area contributed by atoms with E-state index in [1.54, 1.807) is 11.7 Å². The Balaban J connectivity index is 1.80. The first-order valence-corrected chi connectivity index (χ1v) is 7.89. The van der Waals surface area contributed by atoms with Gasteiger partial charge in [0.25, 0.3) is 0 Å². The van der Waals surface area contributed by atoms with Crippen molar-refractivity contribution in [2.24, 2.45) is 12.5 Å². The maximum Gasteiger partial charge on any atom is 0.421 e. The van der Waals surface area contributed by atoms with Crippen LogP contribution in [-0.4, -0.2) is 32.9 Å². The number of halogens is 3. The summed E-state index contributed by atoms with van der Waals surface area (Å²) in [5.74, 6) is 0.912. The summed E-state index contributed by atoms with van der Waals surface area (Å²) in [5, 5.41) is 10.1. The SMILES string of the molecule is Cc1nn(C)c2c1OCC1(CC1)CNc1nc(ncc1C(F)(F)F)N2. The van der Waals surface area contributed by atoms with Gasteiger partial charge in [0.15, 0.2) is 11.6 Å². The molecule has 134 valence electrons. The van der Waals surface area contributed by atoms with Crippen molar-refractivity contribution in [2.45, 2.75) is 25.9 Å². The Morgan fingerprint density at radius 3 is 2.76 bits per heavy atom. The van der Waals surface area contributed by atoms with Crippen molar-refractivity contribution in [2.75, 3.05) is 23.8 Å². The van der Waals surface area contributed by atoms with E-state index in [1.807, 2.05) is 6.92 Å². The van der Waals surface area contributed by atoms with E-state index in [2.05, 4.69) is 25.7 Å². The Morgan fingerprint density at radius 2 is 2.08 bits per heavy atom. The maximum atomic E-state index is 13.2. The topological polar surface area (TPSA) is 76.9 Å². The van der Waals surface area contributed by atoms with Crippen LogP contribution in [0, 0.1) is 12.3 Å². The third-order valence-electron chi connectivity index (χ3n) is 4.60. The molecule has 3 heterocycles. The van der Waals surface area contributed by atoms with E-state index >= 15 is 0 Å². The van der Waals surface area contributed by atoms with Crippen LogP contribution < -0.4 is 15.4 Å². The van der Waals surface area contributed by atoms with E-state index < -0.39 is 11.7 Å². The van der Waals surface area contributed by atoms with Crippen molar-refractivity contribution >= 4 is 17.6 Å². The molecule has 0 amide bonds. The van der Waals surface area contributed by atoms with Gasteiger partial charge in [-0.15, -0.1) is 0 Å². The molecule has 1 aliphatic heterocycles. The van der Waals surface area contributed by atoms with Crippen molar-refractivity contribution in [3.8, 4) is 5.75 Å². The number of fused-ring (bicyclic) bond motifs is 3. The highest BCUT2D eigenvalue weighted by atomic mass is 19.4. The summed E-state index contributed by atoms with van der Waals surface area (Å²) in [6.45, 7) is 2.59. The molecule has 2 aromatic heterocycles. The smallest absolute Gasteiger partial charge is 0.421 e. The molecule has 0 unspecified atom stereocenters. The Labute approximate surface area is 141 Å². The van der Waals surface area contributed by atoms with Gasteiger partial charge in [0, 0.05) is 25.2 Å². The molecule has 0 saturated heterocycles. The predicted octanol–water partition coefficient (Wildman–Crippen LogP) is 2.87. The molecule has 4 rings (SSSR count). The molecule has 1 spiro atoms. The van der Waals surface area contributed by atoms with Crippen LogP contribution in [0.1, 0.15) is 24.1 Å². The van der Waals surface area contributed by atoms with Gasteiger partial charge in [0.05, 0.1) is 6.61 Å². The second-order valence-electron chi connectivity index (χ2n) is 6.61. The Morgan fingerprint density at radius 1 is 1.32 bits per heavy atom. The monoisotopic (exact) mass is 354 g/mol. The van der Waals surface area contributed by atoms with Gasteiger partial charge in [-0.2, -0.15) is 23.3 Å². The third-order valence-corrected chi connectivity index (χ3v) is 4.60. The molecule has 0 atom stereocenters. The molecule has 25 heavy (non-hydrogen) atoms.